The van der Waals surface area contributed by atoms with Gasteiger partial charge >= 0.3 is 18.2 Å². The van der Waals surface area contributed by atoms with Crippen LogP contribution in [0.4, 0.5) is 18.0 Å². The summed E-state index contributed by atoms with van der Waals surface area (Å²) in [4.78, 5) is 32.3. The first kappa shape index (κ1) is 16.0. The molecule has 18 heavy (non-hydrogen) atoms. The number of carboxylic acids is 1. The van der Waals surface area contributed by atoms with Crippen LogP contribution in [0.25, 0.3) is 0 Å². The zero-order valence-electron chi connectivity index (χ0n) is 9.46. The Kier molecular flexibility index (Phi) is 4.54. The highest BCUT2D eigenvalue weighted by Gasteiger charge is 2.58. The van der Waals surface area contributed by atoms with Gasteiger partial charge in [0.05, 0.1) is 0 Å². The van der Waals surface area contributed by atoms with E-state index in [1.165, 1.54) is 5.32 Å². The van der Waals surface area contributed by atoms with Crippen LogP contribution in [0.2, 0.25) is 0 Å². The predicted molar refractivity (Wildman–Crippen MR) is 52.4 cm³/mol. The van der Waals surface area contributed by atoms with E-state index in [2.05, 4.69) is 5.73 Å². The molecular weight excluding hydrogens is 259 g/mol. The highest BCUT2D eigenvalue weighted by molar-refractivity contribution is 5.91. The maximum absolute atomic E-state index is 12.5. The molecule has 0 aromatic rings. The zero-order valence-corrected chi connectivity index (χ0v) is 9.46. The van der Waals surface area contributed by atoms with Crippen molar-refractivity contribution >= 4 is 17.9 Å². The smallest absolute Gasteiger partial charge is 0.422 e. The van der Waals surface area contributed by atoms with Crippen molar-refractivity contribution in [3.8, 4) is 0 Å². The number of hydrogen-bond acceptors (Lipinski definition) is 3. The highest BCUT2D eigenvalue weighted by atomic mass is 19.4. The van der Waals surface area contributed by atoms with E-state index in [0.29, 0.717) is 6.92 Å². The molecule has 0 bridgehead atoms. The van der Waals surface area contributed by atoms with Crippen LogP contribution >= 0.6 is 0 Å². The molecule has 0 radical (unpaired) electrons. The number of urea groups is 1. The topological polar surface area (TPSA) is 122 Å². The second-order valence-corrected chi connectivity index (χ2v) is 3.65. The van der Waals surface area contributed by atoms with Gasteiger partial charge in [-0.3, -0.25) is 4.79 Å². The SMILES string of the molecule is CC(NC(N)=O)C(=O)NC(C)(C(=O)O)C(F)(F)F. The molecular formula is C8H12F3N3O4. The molecule has 0 aromatic heterocycles. The molecule has 5 N–H and O–H groups in total. The standard InChI is InChI=1S/C8H12F3N3O4/c1-3(13-6(12)18)4(15)14-7(2,5(16)17)8(9,10)11/h3H,1-2H3,(H,14,15)(H,16,17)(H3,12,13,18). The van der Waals surface area contributed by atoms with Crippen LogP contribution in [0.15, 0.2) is 0 Å². The Morgan fingerprint density at radius 3 is 2.00 bits per heavy atom. The number of nitrogens with two attached hydrogens (primary N) is 1. The molecule has 2 atom stereocenters. The Bertz CT molecular complexity index is 371. The lowest BCUT2D eigenvalue weighted by Crippen LogP contribution is -2.64. The average Bonchev–Trinajstić information content (AvgIpc) is 2.13. The lowest BCUT2D eigenvalue weighted by Gasteiger charge is -2.29. The Morgan fingerprint density at radius 2 is 1.72 bits per heavy atom. The van der Waals surface area contributed by atoms with E-state index < -0.39 is 35.7 Å². The first-order valence-electron chi connectivity index (χ1n) is 4.60. The van der Waals surface area contributed by atoms with Gasteiger partial charge in [0.15, 0.2) is 0 Å². The molecule has 0 saturated carbocycles. The first-order chi connectivity index (χ1) is 7.91. The number of hydrogen-bond donors (Lipinski definition) is 4. The van der Waals surface area contributed by atoms with E-state index in [1.807, 2.05) is 5.32 Å². The van der Waals surface area contributed by atoms with Crippen LogP contribution in [0.3, 0.4) is 0 Å². The Balaban J connectivity index is 4.98. The van der Waals surface area contributed by atoms with Gasteiger partial charge in [-0.2, -0.15) is 13.2 Å². The molecule has 0 heterocycles. The van der Waals surface area contributed by atoms with E-state index in [9.17, 15) is 27.6 Å². The molecule has 0 rings (SSSR count). The number of amides is 3. The summed E-state index contributed by atoms with van der Waals surface area (Å²) in [7, 11) is 0. The lowest BCUT2D eigenvalue weighted by molar-refractivity contribution is -0.207. The summed E-state index contributed by atoms with van der Waals surface area (Å²) < 4.78 is 37.6. The number of primary amides is 1. The number of carbonyl (C=O) groups excluding carboxylic acids is 2. The van der Waals surface area contributed by atoms with Gasteiger partial charge in [-0.1, -0.05) is 0 Å². The Hall–Kier alpha value is -2.00. The molecule has 0 spiro atoms. The fourth-order valence-electron chi connectivity index (χ4n) is 0.879. The van der Waals surface area contributed by atoms with Gasteiger partial charge in [-0.25, -0.2) is 9.59 Å². The normalized spacial score (nSPS) is 16.3. The molecule has 104 valence electrons. The van der Waals surface area contributed by atoms with Gasteiger partial charge in [-0.15, -0.1) is 0 Å². The maximum Gasteiger partial charge on any atom is 0.422 e. The quantitative estimate of drug-likeness (QED) is 0.554. The summed E-state index contributed by atoms with van der Waals surface area (Å²) in [6, 6.07) is -2.52. The molecule has 0 aromatic carbocycles. The van der Waals surface area contributed by atoms with Gasteiger partial charge in [0, 0.05) is 0 Å². The van der Waals surface area contributed by atoms with Crippen LogP contribution < -0.4 is 16.4 Å². The lowest BCUT2D eigenvalue weighted by atomic mass is 10.0. The molecule has 0 saturated heterocycles. The van der Waals surface area contributed by atoms with E-state index in [-0.39, 0.29) is 0 Å². The van der Waals surface area contributed by atoms with Crippen LogP contribution in [0.5, 0.6) is 0 Å². The monoisotopic (exact) mass is 271 g/mol. The third-order valence-electron chi connectivity index (χ3n) is 2.12. The minimum atomic E-state index is -5.19. The van der Waals surface area contributed by atoms with Crippen molar-refractivity contribution in [1.29, 1.82) is 0 Å². The van der Waals surface area contributed by atoms with Crippen LogP contribution in [0.1, 0.15) is 13.8 Å². The van der Waals surface area contributed by atoms with Crippen molar-refractivity contribution in [1.82, 2.24) is 10.6 Å². The minimum absolute atomic E-state index is 0.296. The van der Waals surface area contributed by atoms with Gasteiger partial charge < -0.3 is 21.5 Å². The number of carboxylic acid groups (broad SMARTS) is 1. The summed E-state index contributed by atoms with van der Waals surface area (Å²) in [6.45, 7) is 1.35. The van der Waals surface area contributed by atoms with Crippen molar-refractivity contribution in [3.63, 3.8) is 0 Å². The Labute approximate surface area is 99.5 Å². The molecule has 0 fully saturated rings. The number of alkyl halides is 3. The summed E-state index contributed by atoms with van der Waals surface area (Å²) in [6.07, 6.45) is -5.19. The molecule has 0 aliphatic carbocycles. The Morgan fingerprint density at radius 1 is 1.28 bits per heavy atom. The summed E-state index contributed by atoms with van der Waals surface area (Å²) in [5.41, 5.74) is 1.23. The summed E-state index contributed by atoms with van der Waals surface area (Å²) in [5.74, 6) is -3.59. The van der Waals surface area contributed by atoms with Crippen molar-refractivity contribution < 1.29 is 32.7 Å². The van der Waals surface area contributed by atoms with Crippen molar-refractivity contribution in [2.24, 2.45) is 5.73 Å². The number of carbonyl (C=O) groups is 3. The van der Waals surface area contributed by atoms with E-state index in [0.717, 1.165) is 6.92 Å². The largest absolute Gasteiger partial charge is 0.479 e. The fourth-order valence-corrected chi connectivity index (χ4v) is 0.879. The molecule has 0 aliphatic heterocycles. The highest BCUT2D eigenvalue weighted by Crippen LogP contribution is 2.30. The third kappa shape index (κ3) is 3.50. The predicted octanol–water partition coefficient (Wildman–Crippen LogP) is -0.435. The number of aliphatic carboxylic acids is 1. The van der Waals surface area contributed by atoms with E-state index in [4.69, 9.17) is 5.11 Å². The second kappa shape index (κ2) is 5.10. The first-order valence-corrected chi connectivity index (χ1v) is 4.60. The molecule has 2 unspecified atom stereocenters. The van der Waals surface area contributed by atoms with E-state index >= 15 is 0 Å². The second-order valence-electron chi connectivity index (χ2n) is 3.65. The molecule has 10 heteroatoms. The third-order valence-corrected chi connectivity index (χ3v) is 2.12. The number of halogens is 3. The average molecular weight is 271 g/mol. The van der Waals surface area contributed by atoms with Gasteiger partial charge in [0.2, 0.25) is 11.4 Å². The van der Waals surface area contributed by atoms with Crippen molar-refractivity contribution in [3.05, 3.63) is 0 Å². The summed E-state index contributed by atoms with van der Waals surface area (Å²) >= 11 is 0. The minimum Gasteiger partial charge on any atom is -0.479 e. The van der Waals surface area contributed by atoms with Gasteiger partial charge in [0.25, 0.3) is 0 Å². The zero-order chi connectivity index (χ0) is 14.7. The molecule has 0 aliphatic rings. The van der Waals surface area contributed by atoms with Gasteiger partial charge in [0.1, 0.15) is 6.04 Å². The van der Waals surface area contributed by atoms with E-state index in [1.54, 1.807) is 0 Å². The molecule has 3 amide bonds. The van der Waals surface area contributed by atoms with Crippen molar-refractivity contribution in [2.75, 3.05) is 0 Å². The number of nitrogens with one attached hydrogen (secondary N) is 2. The number of rotatable bonds is 4. The summed E-state index contributed by atoms with van der Waals surface area (Å²) in [5, 5.41) is 11.7. The fraction of sp³-hybridized carbons (Fsp3) is 0.625. The maximum atomic E-state index is 12.5. The van der Waals surface area contributed by atoms with Crippen LogP contribution in [-0.2, 0) is 9.59 Å². The van der Waals surface area contributed by atoms with Crippen LogP contribution in [-0.4, -0.2) is 40.8 Å². The van der Waals surface area contributed by atoms with Crippen molar-refractivity contribution in [2.45, 2.75) is 31.6 Å². The molecule has 7 nitrogen and oxygen atoms in total. The van der Waals surface area contributed by atoms with Gasteiger partial charge in [-0.05, 0) is 13.8 Å². The van der Waals surface area contributed by atoms with Crippen LogP contribution in [0, 0.1) is 0 Å².